The second-order valence-electron chi connectivity index (χ2n) is 6.93. The van der Waals surface area contributed by atoms with Gasteiger partial charge in [-0.15, -0.1) is 0 Å². The smallest absolute Gasteiger partial charge is 0.257 e. The molecule has 6 nitrogen and oxygen atoms in total. The van der Waals surface area contributed by atoms with E-state index in [-0.39, 0.29) is 17.4 Å². The van der Waals surface area contributed by atoms with Crippen LogP contribution in [0.2, 0.25) is 0 Å². The first-order valence-electron chi connectivity index (χ1n) is 8.82. The molecule has 9 heteroatoms. The lowest BCUT2D eigenvalue weighted by molar-refractivity contribution is -0.124. The summed E-state index contributed by atoms with van der Waals surface area (Å²) in [4.78, 5) is 25.0. The highest BCUT2D eigenvalue weighted by molar-refractivity contribution is 7.90. The van der Waals surface area contributed by atoms with Crippen LogP contribution < -0.4 is 10.6 Å². The van der Waals surface area contributed by atoms with Gasteiger partial charge in [-0.3, -0.25) is 9.59 Å². The molecule has 0 aliphatic heterocycles. The van der Waals surface area contributed by atoms with Crippen molar-refractivity contribution in [2.24, 2.45) is 5.92 Å². The van der Waals surface area contributed by atoms with Gasteiger partial charge < -0.3 is 10.6 Å². The number of hydrogen-bond donors (Lipinski definition) is 2. The molecule has 0 heterocycles. The Kier molecular flexibility index (Phi) is 7.07. The average Bonchev–Trinajstić information content (AvgIpc) is 2.63. The van der Waals surface area contributed by atoms with Crippen LogP contribution in [0, 0.1) is 17.6 Å². The van der Waals surface area contributed by atoms with Crippen molar-refractivity contribution in [3.8, 4) is 0 Å². The molecule has 2 aromatic rings. The Morgan fingerprint density at radius 1 is 1.00 bits per heavy atom. The predicted molar refractivity (Wildman–Crippen MR) is 104 cm³/mol. The van der Waals surface area contributed by atoms with Crippen molar-refractivity contribution < 1.29 is 26.8 Å². The minimum absolute atomic E-state index is 0.0933. The van der Waals surface area contributed by atoms with Crippen LogP contribution in [0.25, 0.3) is 0 Å². The number of halogens is 2. The van der Waals surface area contributed by atoms with Gasteiger partial charge in [0.25, 0.3) is 5.91 Å². The van der Waals surface area contributed by atoms with E-state index < -0.39 is 44.9 Å². The van der Waals surface area contributed by atoms with E-state index in [9.17, 15) is 26.8 Å². The lowest BCUT2D eigenvalue weighted by Gasteiger charge is -2.22. The lowest BCUT2D eigenvalue weighted by atomic mass is 10.0. The highest BCUT2D eigenvalue weighted by Gasteiger charge is 2.27. The van der Waals surface area contributed by atoms with Crippen molar-refractivity contribution in [3.63, 3.8) is 0 Å². The molecule has 2 N–H and O–H groups in total. The van der Waals surface area contributed by atoms with Gasteiger partial charge in [0.15, 0.2) is 9.84 Å². The summed E-state index contributed by atoms with van der Waals surface area (Å²) in [6, 6.07) is 8.03. The fourth-order valence-corrected chi connectivity index (χ4v) is 3.25. The maximum Gasteiger partial charge on any atom is 0.257 e. The summed E-state index contributed by atoms with van der Waals surface area (Å²) < 4.78 is 50.5. The minimum atomic E-state index is -3.32. The van der Waals surface area contributed by atoms with E-state index in [1.54, 1.807) is 26.0 Å². The fourth-order valence-electron chi connectivity index (χ4n) is 2.62. The SMILES string of the molecule is CC(C)[C@H](NC(=O)c1c(F)cccc1F)C(=O)NCc1ccc(S(C)(=O)=O)cc1. The second kappa shape index (κ2) is 9.13. The molecule has 0 unspecified atom stereocenters. The van der Waals surface area contributed by atoms with Crippen LogP contribution in [-0.4, -0.2) is 32.5 Å². The fraction of sp³-hybridized carbons (Fsp3) is 0.300. The van der Waals surface area contributed by atoms with Crippen molar-refractivity contribution in [3.05, 3.63) is 65.2 Å². The zero-order chi connectivity index (χ0) is 21.8. The Morgan fingerprint density at radius 3 is 2.03 bits per heavy atom. The van der Waals surface area contributed by atoms with E-state index in [1.807, 2.05) is 0 Å². The number of rotatable bonds is 7. The Hall–Kier alpha value is -2.81. The van der Waals surface area contributed by atoms with Crippen LogP contribution in [0.1, 0.15) is 29.8 Å². The van der Waals surface area contributed by atoms with Crippen molar-refractivity contribution in [1.82, 2.24) is 10.6 Å². The molecule has 0 aliphatic rings. The van der Waals surface area contributed by atoms with E-state index in [4.69, 9.17) is 0 Å². The largest absolute Gasteiger partial charge is 0.350 e. The molecule has 0 aliphatic carbocycles. The molecule has 0 radical (unpaired) electrons. The van der Waals surface area contributed by atoms with Crippen molar-refractivity contribution in [2.75, 3.05) is 6.26 Å². The van der Waals surface area contributed by atoms with Crippen LogP contribution >= 0.6 is 0 Å². The number of amides is 2. The third-order valence-electron chi connectivity index (χ3n) is 4.24. The molecule has 0 fully saturated rings. The molecule has 0 bridgehead atoms. The van der Waals surface area contributed by atoms with E-state index in [1.165, 1.54) is 12.1 Å². The van der Waals surface area contributed by atoms with Crippen LogP contribution in [0.3, 0.4) is 0 Å². The van der Waals surface area contributed by atoms with E-state index in [0.717, 1.165) is 24.5 Å². The Labute approximate surface area is 168 Å². The van der Waals surface area contributed by atoms with Gasteiger partial charge in [-0.2, -0.15) is 0 Å². The first kappa shape index (κ1) is 22.5. The molecule has 156 valence electrons. The van der Waals surface area contributed by atoms with Gasteiger partial charge in [0, 0.05) is 12.8 Å². The van der Waals surface area contributed by atoms with Crippen LogP contribution in [0.15, 0.2) is 47.4 Å². The zero-order valence-corrected chi connectivity index (χ0v) is 17.0. The molecule has 2 rings (SSSR count). The molecule has 0 aromatic heterocycles. The number of sulfone groups is 1. The van der Waals surface area contributed by atoms with Gasteiger partial charge in [0.05, 0.1) is 4.90 Å². The number of nitrogens with one attached hydrogen (secondary N) is 2. The summed E-state index contributed by atoms with van der Waals surface area (Å²) in [5, 5.41) is 5.00. The van der Waals surface area contributed by atoms with E-state index >= 15 is 0 Å². The van der Waals surface area contributed by atoms with Crippen LogP contribution in [0.5, 0.6) is 0 Å². The summed E-state index contributed by atoms with van der Waals surface area (Å²) >= 11 is 0. The summed E-state index contributed by atoms with van der Waals surface area (Å²) in [6.45, 7) is 3.46. The number of carbonyl (C=O) groups is 2. The summed E-state index contributed by atoms with van der Waals surface area (Å²) in [6.07, 6.45) is 1.10. The summed E-state index contributed by atoms with van der Waals surface area (Å²) in [7, 11) is -3.32. The zero-order valence-electron chi connectivity index (χ0n) is 16.2. The maximum atomic E-state index is 13.8. The third kappa shape index (κ3) is 5.83. The Bertz CT molecular complexity index is 985. The molecular weight excluding hydrogens is 402 g/mol. The molecule has 2 aromatic carbocycles. The molecule has 2 amide bonds. The number of hydrogen-bond acceptors (Lipinski definition) is 4. The Balaban J connectivity index is 2.07. The molecule has 1 atom stereocenters. The normalized spacial score (nSPS) is 12.5. The average molecular weight is 424 g/mol. The first-order valence-corrected chi connectivity index (χ1v) is 10.7. The lowest BCUT2D eigenvalue weighted by Crippen LogP contribution is -2.49. The Morgan fingerprint density at radius 2 is 1.55 bits per heavy atom. The number of carbonyl (C=O) groups excluding carboxylic acids is 2. The van der Waals surface area contributed by atoms with Crippen LogP contribution in [-0.2, 0) is 21.2 Å². The van der Waals surface area contributed by atoms with Gasteiger partial charge in [-0.05, 0) is 35.7 Å². The molecular formula is C20H22F2N2O4S. The number of benzene rings is 2. The third-order valence-corrected chi connectivity index (χ3v) is 5.37. The highest BCUT2D eigenvalue weighted by atomic mass is 32.2. The molecule has 0 saturated heterocycles. The van der Waals surface area contributed by atoms with Gasteiger partial charge >= 0.3 is 0 Å². The monoisotopic (exact) mass is 424 g/mol. The van der Waals surface area contributed by atoms with E-state index in [2.05, 4.69) is 10.6 Å². The van der Waals surface area contributed by atoms with Crippen LogP contribution in [0.4, 0.5) is 8.78 Å². The molecule has 29 heavy (non-hydrogen) atoms. The molecule has 0 spiro atoms. The highest BCUT2D eigenvalue weighted by Crippen LogP contribution is 2.14. The van der Waals surface area contributed by atoms with Crippen molar-refractivity contribution in [1.29, 1.82) is 0 Å². The minimum Gasteiger partial charge on any atom is -0.350 e. The first-order chi connectivity index (χ1) is 13.5. The van der Waals surface area contributed by atoms with Crippen molar-refractivity contribution in [2.45, 2.75) is 31.3 Å². The second-order valence-corrected chi connectivity index (χ2v) is 8.94. The predicted octanol–water partition coefficient (Wildman–Crippen LogP) is 2.44. The molecule has 0 saturated carbocycles. The van der Waals surface area contributed by atoms with Gasteiger partial charge in [-0.1, -0.05) is 32.0 Å². The quantitative estimate of drug-likeness (QED) is 0.714. The van der Waals surface area contributed by atoms with Gasteiger partial charge in [-0.25, -0.2) is 17.2 Å². The summed E-state index contributed by atoms with van der Waals surface area (Å²) in [5.74, 6) is -3.93. The summed E-state index contributed by atoms with van der Waals surface area (Å²) in [5.41, 5.74) is -0.0953. The van der Waals surface area contributed by atoms with Crippen molar-refractivity contribution >= 4 is 21.7 Å². The topological polar surface area (TPSA) is 92.3 Å². The standard InChI is InChI=1S/C20H22F2N2O4S/c1-12(2)18(24-19(25)17-15(21)5-4-6-16(17)22)20(26)23-11-13-7-9-14(10-8-13)29(3,27)28/h4-10,12,18H,11H2,1-3H3,(H,23,26)(H,24,25)/t18-/m0/s1. The van der Waals surface area contributed by atoms with Gasteiger partial charge in [0.2, 0.25) is 5.91 Å². The van der Waals surface area contributed by atoms with Gasteiger partial charge in [0.1, 0.15) is 23.2 Å². The maximum absolute atomic E-state index is 13.8. The van der Waals surface area contributed by atoms with E-state index in [0.29, 0.717) is 5.56 Å².